The van der Waals surface area contributed by atoms with Crippen LogP contribution in [-0.4, -0.2) is 21.8 Å². The highest BCUT2D eigenvalue weighted by Crippen LogP contribution is 2.29. The summed E-state index contributed by atoms with van der Waals surface area (Å²) in [5, 5.41) is 2.77. The number of aromatic nitrogens is 2. The highest BCUT2D eigenvalue weighted by molar-refractivity contribution is 5.86. The molecule has 32 heavy (non-hydrogen) atoms. The molecular weight excluding hydrogens is 414 g/mol. The lowest BCUT2D eigenvalue weighted by atomic mass is 10.1. The van der Waals surface area contributed by atoms with Crippen molar-refractivity contribution in [2.24, 2.45) is 0 Å². The lowest BCUT2D eigenvalue weighted by molar-refractivity contribution is -0.167. The molecule has 4 rings (SSSR count). The van der Waals surface area contributed by atoms with Crippen molar-refractivity contribution in [3.05, 3.63) is 108 Å². The summed E-state index contributed by atoms with van der Waals surface area (Å²) in [6, 6.07) is 13.1. The number of ether oxygens (including phenoxy) is 2. The van der Waals surface area contributed by atoms with Crippen LogP contribution in [0.2, 0.25) is 0 Å². The number of rotatable bonds is 9. The summed E-state index contributed by atoms with van der Waals surface area (Å²) in [5.41, 5.74) is 1.03. The Hall–Kier alpha value is -4.24. The molecule has 0 aromatic carbocycles. The van der Waals surface area contributed by atoms with Crippen molar-refractivity contribution in [2.45, 2.75) is 18.9 Å². The van der Waals surface area contributed by atoms with Crippen molar-refractivity contribution in [3.8, 4) is 0 Å². The lowest BCUT2D eigenvalue weighted by Crippen LogP contribution is -2.32. The second-order valence-corrected chi connectivity index (χ2v) is 6.59. The number of amides is 1. The van der Waals surface area contributed by atoms with Gasteiger partial charge in [-0.2, -0.15) is 0 Å². The Kier molecular flexibility index (Phi) is 6.69. The van der Waals surface area contributed by atoms with E-state index in [2.05, 4.69) is 15.3 Å². The molecule has 4 aromatic rings. The maximum atomic E-state index is 13.1. The fourth-order valence-electron chi connectivity index (χ4n) is 2.88. The largest absolute Gasteiger partial charge is 0.467 e. The Morgan fingerprint density at radius 1 is 0.875 bits per heavy atom. The Labute approximate surface area is 183 Å². The van der Waals surface area contributed by atoms with E-state index in [1.807, 2.05) is 0 Å². The van der Waals surface area contributed by atoms with Crippen LogP contribution in [0.15, 0.2) is 94.7 Å². The normalized spacial score (nSPS) is 12.6. The molecule has 0 bridgehead atoms. The quantitative estimate of drug-likeness (QED) is 0.314. The number of furan rings is 2. The Morgan fingerprint density at radius 2 is 1.53 bits per heavy atom. The van der Waals surface area contributed by atoms with Gasteiger partial charge in [-0.3, -0.25) is 14.8 Å². The molecule has 0 aliphatic rings. The standard InChI is InChI=1S/C23H19N3O6/c27-21(26-15-18-3-1-13-29-18)20(16-5-9-24-10-6-16)31-23(17-7-11-25-12-8-17)32-22(28)19-4-2-14-30-19/h1-14,20,23H,15H2,(H,26,27)/t20-,23-/m0/s1. The Bertz CT molecular complexity index is 1120. The van der Waals surface area contributed by atoms with E-state index in [9.17, 15) is 9.59 Å². The van der Waals surface area contributed by atoms with E-state index in [4.69, 9.17) is 18.3 Å². The van der Waals surface area contributed by atoms with Gasteiger partial charge in [0, 0.05) is 30.4 Å². The van der Waals surface area contributed by atoms with E-state index < -0.39 is 24.3 Å². The predicted octanol–water partition coefficient (Wildman–Crippen LogP) is 3.59. The third-order valence-electron chi connectivity index (χ3n) is 4.44. The molecule has 4 heterocycles. The van der Waals surface area contributed by atoms with Crippen molar-refractivity contribution in [1.82, 2.24) is 15.3 Å². The zero-order valence-electron chi connectivity index (χ0n) is 16.8. The first-order valence-electron chi connectivity index (χ1n) is 9.70. The first-order chi connectivity index (χ1) is 15.7. The van der Waals surface area contributed by atoms with E-state index in [1.54, 1.807) is 54.9 Å². The van der Waals surface area contributed by atoms with Gasteiger partial charge in [0.05, 0.1) is 19.1 Å². The monoisotopic (exact) mass is 433 g/mol. The third-order valence-corrected chi connectivity index (χ3v) is 4.44. The number of nitrogens with one attached hydrogen (secondary N) is 1. The molecule has 0 aliphatic carbocycles. The van der Waals surface area contributed by atoms with Gasteiger partial charge in [0.15, 0.2) is 6.10 Å². The average Bonchev–Trinajstić information content (AvgIpc) is 3.56. The maximum Gasteiger partial charge on any atom is 0.376 e. The molecule has 0 spiro atoms. The molecule has 2 atom stereocenters. The summed E-state index contributed by atoms with van der Waals surface area (Å²) in [6.07, 6.45) is 6.73. The first kappa shape index (κ1) is 21.0. The van der Waals surface area contributed by atoms with Gasteiger partial charge in [-0.05, 0) is 54.1 Å². The van der Waals surface area contributed by atoms with Gasteiger partial charge in [0.1, 0.15) is 5.76 Å². The van der Waals surface area contributed by atoms with Crippen LogP contribution < -0.4 is 5.32 Å². The number of esters is 1. The number of carbonyl (C=O) groups is 2. The van der Waals surface area contributed by atoms with Crippen LogP contribution in [0, 0.1) is 0 Å². The predicted molar refractivity (Wildman–Crippen MR) is 110 cm³/mol. The zero-order valence-corrected chi connectivity index (χ0v) is 16.8. The van der Waals surface area contributed by atoms with Gasteiger partial charge in [0.2, 0.25) is 12.1 Å². The summed E-state index contributed by atoms with van der Waals surface area (Å²) < 4.78 is 21.9. The van der Waals surface area contributed by atoms with Gasteiger partial charge < -0.3 is 23.6 Å². The van der Waals surface area contributed by atoms with E-state index in [0.29, 0.717) is 16.9 Å². The number of nitrogens with zero attached hydrogens (tertiary/aromatic N) is 2. The molecule has 0 unspecified atom stereocenters. The minimum Gasteiger partial charge on any atom is -0.467 e. The smallest absolute Gasteiger partial charge is 0.376 e. The molecule has 162 valence electrons. The highest BCUT2D eigenvalue weighted by Gasteiger charge is 2.29. The van der Waals surface area contributed by atoms with E-state index >= 15 is 0 Å². The minimum absolute atomic E-state index is 0.00962. The fourth-order valence-corrected chi connectivity index (χ4v) is 2.88. The molecule has 0 saturated carbocycles. The first-order valence-corrected chi connectivity index (χ1v) is 9.70. The zero-order chi connectivity index (χ0) is 22.2. The summed E-state index contributed by atoms with van der Waals surface area (Å²) in [7, 11) is 0. The van der Waals surface area contributed by atoms with Gasteiger partial charge in [0.25, 0.3) is 5.91 Å². The molecular formula is C23H19N3O6. The molecule has 0 radical (unpaired) electrons. The number of hydrogen-bond donors (Lipinski definition) is 1. The van der Waals surface area contributed by atoms with Crippen molar-refractivity contribution in [2.75, 3.05) is 0 Å². The summed E-state index contributed by atoms with van der Waals surface area (Å²) in [5.74, 6) is -0.584. The molecule has 0 fully saturated rings. The molecule has 0 aliphatic heterocycles. The Balaban J connectivity index is 1.58. The van der Waals surface area contributed by atoms with Gasteiger partial charge >= 0.3 is 5.97 Å². The van der Waals surface area contributed by atoms with Gasteiger partial charge in [-0.25, -0.2) is 4.79 Å². The lowest BCUT2D eigenvalue weighted by Gasteiger charge is -2.24. The van der Waals surface area contributed by atoms with Crippen molar-refractivity contribution in [1.29, 1.82) is 0 Å². The van der Waals surface area contributed by atoms with Crippen LogP contribution in [0.5, 0.6) is 0 Å². The molecule has 4 aromatic heterocycles. The second-order valence-electron chi connectivity index (χ2n) is 6.59. The molecule has 0 saturated heterocycles. The summed E-state index contributed by atoms with van der Waals surface area (Å²) in [6.45, 7) is 0.170. The van der Waals surface area contributed by atoms with Crippen LogP contribution in [0.4, 0.5) is 0 Å². The SMILES string of the molecule is O=C(O[C@H](O[C@H](C(=O)NCc1ccco1)c1ccncc1)c1ccncc1)c1ccco1. The molecule has 9 nitrogen and oxygen atoms in total. The molecule has 1 amide bonds. The summed E-state index contributed by atoms with van der Waals surface area (Å²) in [4.78, 5) is 33.5. The number of carbonyl (C=O) groups excluding carboxylic acids is 2. The average molecular weight is 433 g/mol. The minimum atomic E-state index is -1.21. The fraction of sp³-hybridized carbons (Fsp3) is 0.130. The van der Waals surface area contributed by atoms with Crippen LogP contribution >= 0.6 is 0 Å². The van der Waals surface area contributed by atoms with E-state index in [-0.39, 0.29) is 12.3 Å². The highest BCUT2D eigenvalue weighted by atomic mass is 16.7. The van der Waals surface area contributed by atoms with Gasteiger partial charge in [-0.15, -0.1) is 0 Å². The van der Waals surface area contributed by atoms with Crippen molar-refractivity contribution >= 4 is 11.9 Å². The van der Waals surface area contributed by atoms with Crippen LogP contribution in [0.1, 0.15) is 39.8 Å². The maximum absolute atomic E-state index is 13.1. The second kappa shape index (κ2) is 10.2. The van der Waals surface area contributed by atoms with Crippen molar-refractivity contribution < 1.29 is 27.9 Å². The molecule has 1 N–H and O–H groups in total. The van der Waals surface area contributed by atoms with Crippen LogP contribution in [0.3, 0.4) is 0 Å². The van der Waals surface area contributed by atoms with Gasteiger partial charge in [-0.1, -0.05) is 0 Å². The van der Waals surface area contributed by atoms with Crippen molar-refractivity contribution in [3.63, 3.8) is 0 Å². The number of hydrogen-bond acceptors (Lipinski definition) is 8. The van der Waals surface area contributed by atoms with E-state index in [0.717, 1.165) is 0 Å². The third kappa shape index (κ3) is 5.27. The topological polar surface area (TPSA) is 117 Å². The van der Waals surface area contributed by atoms with E-state index in [1.165, 1.54) is 31.0 Å². The molecule has 9 heteroatoms. The van der Waals surface area contributed by atoms with Crippen LogP contribution in [0.25, 0.3) is 0 Å². The van der Waals surface area contributed by atoms with Crippen LogP contribution in [-0.2, 0) is 20.8 Å². The Morgan fingerprint density at radius 3 is 2.16 bits per heavy atom. The summed E-state index contributed by atoms with van der Waals surface area (Å²) >= 11 is 0. The number of pyridine rings is 2.